The van der Waals surface area contributed by atoms with Crippen molar-refractivity contribution in [3.8, 4) is 0 Å². The highest BCUT2D eigenvalue weighted by Gasteiger charge is 2.29. The smallest absolute Gasteiger partial charge is 0.251 e. The third-order valence-corrected chi connectivity index (χ3v) is 7.56. The quantitative estimate of drug-likeness (QED) is 0.693. The molecule has 1 N–H and O–H groups in total. The number of hydrogen-bond donors (Lipinski definition) is 1. The number of piperazine rings is 1. The molecule has 1 saturated heterocycles. The fourth-order valence-corrected chi connectivity index (χ4v) is 5.04. The van der Waals surface area contributed by atoms with Gasteiger partial charge in [-0.3, -0.25) is 9.59 Å². The molecule has 7 nitrogen and oxygen atoms in total. The molecule has 0 radical (unpaired) electrons. The zero-order chi connectivity index (χ0) is 21.9. The Kier molecular flexibility index (Phi) is 6.95. The molecular formula is C21H24BrN3O4S. The van der Waals surface area contributed by atoms with E-state index in [-0.39, 0.29) is 41.4 Å². The maximum atomic E-state index is 13.0. The lowest BCUT2D eigenvalue weighted by atomic mass is 10.1. The molecule has 1 heterocycles. The normalized spacial score (nSPS) is 16.2. The minimum Gasteiger partial charge on any atom is -0.346 e. The van der Waals surface area contributed by atoms with Gasteiger partial charge in [0.05, 0.1) is 10.9 Å². The van der Waals surface area contributed by atoms with Crippen LogP contribution in [0, 0.1) is 0 Å². The van der Waals surface area contributed by atoms with Crippen molar-refractivity contribution in [3.05, 3.63) is 64.1 Å². The predicted octanol–water partition coefficient (Wildman–Crippen LogP) is 2.79. The number of rotatable bonds is 5. The van der Waals surface area contributed by atoms with Crippen LogP contribution in [0.2, 0.25) is 0 Å². The predicted molar refractivity (Wildman–Crippen MR) is 117 cm³/mol. The van der Waals surface area contributed by atoms with Crippen LogP contribution in [-0.4, -0.2) is 55.6 Å². The van der Waals surface area contributed by atoms with E-state index in [0.717, 1.165) is 10.0 Å². The van der Waals surface area contributed by atoms with Crippen LogP contribution in [0.25, 0.3) is 0 Å². The Morgan fingerprint density at radius 3 is 2.27 bits per heavy atom. The van der Waals surface area contributed by atoms with Crippen molar-refractivity contribution in [1.82, 2.24) is 14.5 Å². The molecule has 0 aliphatic carbocycles. The van der Waals surface area contributed by atoms with E-state index in [2.05, 4.69) is 21.2 Å². The molecule has 0 spiro atoms. The molecule has 0 bridgehead atoms. The largest absolute Gasteiger partial charge is 0.346 e. The lowest BCUT2D eigenvalue weighted by molar-refractivity contribution is -0.129. The fourth-order valence-electron chi connectivity index (χ4n) is 3.30. The Labute approximate surface area is 185 Å². The summed E-state index contributed by atoms with van der Waals surface area (Å²) in [6.45, 7) is 4.54. The highest BCUT2D eigenvalue weighted by molar-refractivity contribution is 9.10. The molecule has 9 heteroatoms. The van der Waals surface area contributed by atoms with Gasteiger partial charge in [-0.1, -0.05) is 34.1 Å². The van der Waals surface area contributed by atoms with Gasteiger partial charge in [0.2, 0.25) is 15.9 Å². The van der Waals surface area contributed by atoms with Gasteiger partial charge in [0.15, 0.2) is 0 Å². The molecule has 2 amide bonds. The summed E-state index contributed by atoms with van der Waals surface area (Å²) in [4.78, 5) is 25.9. The van der Waals surface area contributed by atoms with Crippen LogP contribution in [-0.2, 0) is 14.8 Å². The Morgan fingerprint density at radius 1 is 1.03 bits per heavy atom. The fraction of sp³-hybridized carbons (Fsp3) is 0.333. The zero-order valence-corrected chi connectivity index (χ0v) is 19.2. The van der Waals surface area contributed by atoms with Crippen molar-refractivity contribution >= 4 is 37.8 Å². The molecule has 0 saturated carbocycles. The number of nitrogens with one attached hydrogen (secondary N) is 1. The summed E-state index contributed by atoms with van der Waals surface area (Å²) in [5.41, 5.74) is 1.22. The average molecular weight is 494 g/mol. The topological polar surface area (TPSA) is 86.8 Å². The number of sulfonamides is 1. The standard InChI is InChI=1S/C21H24BrN3O4S/c1-15(17-6-8-19(22)9-7-17)23-21(27)18-4-3-5-20(14-18)30(28,29)25-12-10-24(11-13-25)16(2)26/h3-9,14-15H,10-13H2,1-2H3,(H,23,27). The van der Waals surface area contributed by atoms with E-state index in [9.17, 15) is 18.0 Å². The minimum absolute atomic E-state index is 0.0642. The first-order chi connectivity index (χ1) is 14.2. The summed E-state index contributed by atoms with van der Waals surface area (Å²) >= 11 is 3.38. The van der Waals surface area contributed by atoms with Crippen molar-refractivity contribution in [3.63, 3.8) is 0 Å². The van der Waals surface area contributed by atoms with Gasteiger partial charge in [-0.05, 0) is 42.8 Å². The number of benzene rings is 2. The van der Waals surface area contributed by atoms with E-state index in [4.69, 9.17) is 0 Å². The highest BCUT2D eigenvalue weighted by Crippen LogP contribution is 2.21. The van der Waals surface area contributed by atoms with E-state index >= 15 is 0 Å². The van der Waals surface area contributed by atoms with Crippen LogP contribution in [0.4, 0.5) is 0 Å². The lowest BCUT2D eigenvalue weighted by Gasteiger charge is -2.33. The van der Waals surface area contributed by atoms with Crippen LogP contribution in [0.5, 0.6) is 0 Å². The van der Waals surface area contributed by atoms with Gasteiger partial charge in [-0.15, -0.1) is 0 Å². The van der Waals surface area contributed by atoms with Gasteiger partial charge in [0.25, 0.3) is 5.91 Å². The zero-order valence-electron chi connectivity index (χ0n) is 16.8. The van der Waals surface area contributed by atoms with Crippen LogP contribution in [0.1, 0.15) is 35.8 Å². The van der Waals surface area contributed by atoms with Gasteiger partial charge in [-0.25, -0.2) is 8.42 Å². The van der Waals surface area contributed by atoms with Gasteiger partial charge in [0, 0.05) is 43.1 Å². The van der Waals surface area contributed by atoms with E-state index in [1.165, 1.54) is 23.4 Å². The van der Waals surface area contributed by atoms with E-state index in [1.807, 2.05) is 31.2 Å². The first kappa shape index (κ1) is 22.5. The number of halogens is 1. The number of amides is 2. The molecule has 160 valence electrons. The van der Waals surface area contributed by atoms with E-state index < -0.39 is 10.0 Å². The van der Waals surface area contributed by atoms with Gasteiger partial charge >= 0.3 is 0 Å². The molecule has 2 aromatic rings. The summed E-state index contributed by atoms with van der Waals surface area (Å²) in [5, 5.41) is 2.90. The molecule has 30 heavy (non-hydrogen) atoms. The van der Waals surface area contributed by atoms with Gasteiger partial charge < -0.3 is 10.2 Å². The Balaban J connectivity index is 1.72. The van der Waals surface area contributed by atoms with Crippen LogP contribution < -0.4 is 5.32 Å². The molecule has 1 fully saturated rings. The summed E-state index contributed by atoms with van der Waals surface area (Å²) in [5.74, 6) is -0.408. The van der Waals surface area contributed by atoms with Crippen LogP contribution >= 0.6 is 15.9 Å². The minimum atomic E-state index is -3.74. The second-order valence-corrected chi connectivity index (χ2v) is 10.0. The third-order valence-electron chi connectivity index (χ3n) is 5.14. The number of nitrogens with zero attached hydrogens (tertiary/aromatic N) is 2. The second kappa shape index (κ2) is 9.28. The average Bonchev–Trinajstić information content (AvgIpc) is 2.74. The first-order valence-electron chi connectivity index (χ1n) is 9.60. The second-order valence-electron chi connectivity index (χ2n) is 7.18. The van der Waals surface area contributed by atoms with E-state index in [0.29, 0.717) is 13.1 Å². The highest BCUT2D eigenvalue weighted by atomic mass is 79.9. The van der Waals surface area contributed by atoms with Crippen molar-refractivity contribution in [1.29, 1.82) is 0 Å². The molecule has 0 aromatic heterocycles. The molecule has 1 atom stereocenters. The lowest BCUT2D eigenvalue weighted by Crippen LogP contribution is -2.49. The summed E-state index contributed by atoms with van der Waals surface area (Å²) < 4.78 is 28.3. The Bertz CT molecular complexity index is 1030. The van der Waals surface area contributed by atoms with Crippen molar-refractivity contribution in [2.75, 3.05) is 26.2 Å². The van der Waals surface area contributed by atoms with E-state index in [1.54, 1.807) is 17.0 Å². The molecule has 2 aromatic carbocycles. The Morgan fingerprint density at radius 2 is 1.67 bits per heavy atom. The molecule has 1 aliphatic rings. The monoisotopic (exact) mass is 493 g/mol. The maximum Gasteiger partial charge on any atom is 0.251 e. The van der Waals surface area contributed by atoms with Gasteiger partial charge in [0.1, 0.15) is 0 Å². The van der Waals surface area contributed by atoms with Crippen molar-refractivity contribution in [2.24, 2.45) is 0 Å². The molecule has 1 unspecified atom stereocenters. The molecule has 3 rings (SSSR count). The number of carbonyl (C=O) groups excluding carboxylic acids is 2. The molecule has 1 aliphatic heterocycles. The Hall–Kier alpha value is -2.23. The van der Waals surface area contributed by atoms with Crippen LogP contribution in [0.3, 0.4) is 0 Å². The van der Waals surface area contributed by atoms with Crippen LogP contribution in [0.15, 0.2) is 57.9 Å². The SMILES string of the molecule is CC(=O)N1CCN(S(=O)(=O)c2cccc(C(=O)NC(C)c3ccc(Br)cc3)c2)CC1. The third kappa shape index (κ3) is 5.08. The molecular weight excluding hydrogens is 470 g/mol. The van der Waals surface area contributed by atoms with Crippen molar-refractivity contribution in [2.45, 2.75) is 24.8 Å². The summed E-state index contributed by atoms with van der Waals surface area (Å²) in [6, 6.07) is 13.4. The van der Waals surface area contributed by atoms with Crippen molar-refractivity contribution < 1.29 is 18.0 Å². The summed E-state index contributed by atoms with van der Waals surface area (Å²) in [6.07, 6.45) is 0. The number of hydrogen-bond acceptors (Lipinski definition) is 4. The van der Waals surface area contributed by atoms with Gasteiger partial charge in [-0.2, -0.15) is 4.31 Å². The first-order valence-corrected chi connectivity index (χ1v) is 11.8. The number of carbonyl (C=O) groups is 2. The maximum absolute atomic E-state index is 13.0. The summed E-state index contributed by atoms with van der Waals surface area (Å²) in [7, 11) is -3.74.